The van der Waals surface area contributed by atoms with Crippen LogP contribution in [-0.2, 0) is 4.74 Å². The normalized spacial score (nSPS) is 12.2. The van der Waals surface area contributed by atoms with Crippen molar-refractivity contribution in [3.05, 3.63) is 82.4 Å². The molecule has 0 heterocycles. The number of nitrogens with one attached hydrogen (secondary N) is 1. The van der Waals surface area contributed by atoms with E-state index in [9.17, 15) is 24.6 Å². The largest absolute Gasteiger partial charge is 0.507 e. The number of hydrogen-bond donors (Lipinski definition) is 3. The summed E-state index contributed by atoms with van der Waals surface area (Å²) in [6.07, 6.45) is 0. The Labute approximate surface area is 171 Å². The fourth-order valence-electron chi connectivity index (χ4n) is 3.45. The maximum atomic E-state index is 13.0. The number of anilines is 2. The minimum atomic E-state index is -0.574. The van der Waals surface area contributed by atoms with Gasteiger partial charge < -0.3 is 20.3 Å². The molecule has 1 aliphatic carbocycles. The first kappa shape index (κ1) is 19.2. The van der Waals surface area contributed by atoms with E-state index in [0.29, 0.717) is 16.9 Å². The van der Waals surface area contributed by atoms with Crippen molar-refractivity contribution in [1.82, 2.24) is 0 Å². The Morgan fingerprint density at radius 3 is 2.20 bits per heavy atom. The van der Waals surface area contributed by atoms with Crippen molar-refractivity contribution in [2.75, 3.05) is 11.9 Å². The topological polar surface area (TPSA) is 113 Å². The number of carbonyl (C=O) groups is 3. The second-order valence-corrected chi connectivity index (χ2v) is 6.66. The average Bonchev–Trinajstić information content (AvgIpc) is 2.74. The molecule has 3 aromatic rings. The molecule has 0 unspecified atom stereocenters. The Morgan fingerprint density at radius 1 is 0.900 bits per heavy atom. The van der Waals surface area contributed by atoms with Crippen LogP contribution < -0.4 is 5.32 Å². The van der Waals surface area contributed by atoms with E-state index in [-0.39, 0.29) is 40.4 Å². The molecule has 7 heteroatoms. The number of hydrogen-bond acceptors (Lipinski definition) is 7. The molecule has 0 aromatic heterocycles. The number of rotatable bonds is 4. The predicted octanol–water partition coefficient (Wildman–Crippen LogP) is 3.79. The first-order valence-corrected chi connectivity index (χ1v) is 9.24. The van der Waals surface area contributed by atoms with Crippen LogP contribution >= 0.6 is 0 Å². The van der Waals surface area contributed by atoms with Crippen LogP contribution in [0.25, 0.3) is 0 Å². The van der Waals surface area contributed by atoms with Gasteiger partial charge in [-0.3, -0.25) is 9.59 Å². The highest BCUT2D eigenvalue weighted by molar-refractivity contribution is 6.30. The van der Waals surface area contributed by atoms with Crippen LogP contribution in [-0.4, -0.2) is 34.4 Å². The van der Waals surface area contributed by atoms with E-state index in [0.717, 1.165) is 0 Å². The van der Waals surface area contributed by atoms with E-state index < -0.39 is 17.5 Å². The minimum absolute atomic E-state index is 0.0898. The van der Waals surface area contributed by atoms with Crippen molar-refractivity contribution in [3.8, 4) is 11.5 Å². The zero-order chi connectivity index (χ0) is 21.4. The van der Waals surface area contributed by atoms with Crippen molar-refractivity contribution in [2.45, 2.75) is 6.92 Å². The Hall–Kier alpha value is -4.13. The van der Waals surface area contributed by atoms with Crippen molar-refractivity contribution in [1.29, 1.82) is 0 Å². The van der Waals surface area contributed by atoms with Gasteiger partial charge in [-0.05, 0) is 49.4 Å². The molecule has 0 fully saturated rings. The van der Waals surface area contributed by atoms with E-state index in [1.165, 1.54) is 24.3 Å². The number of carbonyl (C=O) groups excluding carboxylic acids is 3. The summed E-state index contributed by atoms with van der Waals surface area (Å²) in [7, 11) is 0. The molecule has 150 valence electrons. The van der Waals surface area contributed by atoms with Gasteiger partial charge in [0.15, 0.2) is 11.6 Å². The van der Waals surface area contributed by atoms with Crippen LogP contribution in [0.3, 0.4) is 0 Å². The standard InChI is InChI=1S/C23H17NO6/c1-2-30-23(29)14-5-3-4-6-16(14)24-12-7-8-13-15(11-12)22(28)20-18(26)10-9-17(25)19(20)21(13)27/h3-11,24-26H,2H2,1H3. The van der Waals surface area contributed by atoms with Crippen LogP contribution in [0.1, 0.15) is 49.1 Å². The fraction of sp³-hybridized carbons (Fsp3) is 0.0870. The smallest absolute Gasteiger partial charge is 0.340 e. The van der Waals surface area contributed by atoms with Gasteiger partial charge >= 0.3 is 5.97 Å². The summed E-state index contributed by atoms with van der Waals surface area (Å²) in [4.78, 5) is 38.0. The lowest BCUT2D eigenvalue weighted by Gasteiger charge is -2.20. The third-order valence-corrected chi connectivity index (χ3v) is 4.83. The van der Waals surface area contributed by atoms with E-state index in [2.05, 4.69) is 5.32 Å². The SMILES string of the molecule is CCOC(=O)c1ccccc1Nc1ccc2c(c1)C(=O)c1c(O)ccc(O)c1C2=O. The molecule has 0 bridgehead atoms. The van der Waals surface area contributed by atoms with E-state index in [1.54, 1.807) is 37.3 Å². The van der Waals surface area contributed by atoms with Crippen LogP contribution in [0, 0.1) is 0 Å². The summed E-state index contributed by atoms with van der Waals surface area (Å²) < 4.78 is 5.06. The van der Waals surface area contributed by atoms with E-state index in [4.69, 9.17) is 4.74 Å². The van der Waals surface area contributed by atoms with Gasteiger partial charge in [-0.25, -0.2) is 4.79 Å². The lowest BCUT2D eigenvalue weighted by atomic mass is 9.83. The van der Waals surface area contributed by atoms with Gasteiger partial charge in [-0.1, -0.05) is 12.1 Å². The molecule has 30 heavy (non-hydrogen) atoms. The van der Waals surface area contributed by atoms with Gasteiger partial charge in [-0.15, -0.1) is 0 Å². The number of phenolic OH excluding ortho intramolecular Hbond substituents is 2. The van der Waals surface area contributed by atoms with Crippen LogP contribution in [0.4, 0.5) is 11.4 Å². The highest BCUT2D eigenvalue weighted by Crippen LogP contribution is 2.38. The zero-order valence-electron chi connectivity index (χ0n) is 15.9. The van der Waals surface area contributed by atoms with Crippen molar-refractivity contribution in [2.24, 2.45) is 0 Å². The molecule has 0 amide bonds. The second kappa shape index (κ2) is 7.36. The highest BCUT2D eigenvalue weighted by atomic mass is 16.5. The number of phenols is 2. The highest BCUT2D eigenvalue weighted by Gasteiger charge is 2.34. The number of aromatic hydroxyl groups is 2. The second-order valence-electron chi connectivity index (χ2n) is 6.66. The molecule has 0 spiro atoms. The summed E-state index contributed by atoms with van der Waals surface area (Å²) in [6.45, 7) is 1.95. The molecule has 0 aliphatic heterocycles. The Morgan fingerprint density at radius 2 is 1.53 bits per heavy atom. The van der Waals surface area contributed by atoms with Crippen LogP contribution in [0.2, 0.25) is 0 Å². The molecule has 0 radical (unpaired) electrons. The summed E-state index contributed by atoms with van der Waals surface area (Å²) in [5.41, 5.74) is 1.05. The molecule has 0 saturated carbocycles. The monoisotopic (exact) mass is 403 g/mol. The van der Waals surface area contributed by atoms with Crippen LogP contribution in [0.5, 0.6) is 11.5 Å². The zero-order valence-corrected chi connectivity index (χ0v) is 15.9. The first-order valence-electron chi connectivity index (χ1n) is 9.24. The van der Waals surface area contributed by atoms with Gasteiger partial charge in [0.05, 0.1) is 29.0 Å². The Balaban J connectivity index is 1.75. The molecule has 0 saturated heterocycles. The molecule has 4 rings (SSSR count). The minimum Gasteiger partial charge on any atom is -0.507 e. The molecule has 3 N–H and O–H groups in total. The maximum Gasteiger partial charge on any atom is 0.340 e. The first-order chi connectivity index (χ1) is 14.4. The number of ketones is 2. The van der Waals surface area contributed by atoms with Crippen molar-refractivity contribution < 1.29 is 29.3 Å². The Kier molecular flexibility index (Phi) is 4.71. The molecule has 3 aromatic carbocycles. The maximum absolute atomic E-state index is 13.0. The average molecular weight is 403 g/mol. The van der Waals surface area contributed by atoms with Gasteiger partial charge in [-0.2, -0.15) is 0 Å². The summed E-state index contributed by atoms with van der Waals surface area (Å²) in [5.74, 6) is -2.35. The van der Waals surface area contributed by atoms with E-state index >= 15 is 0 Å². The lowest BCUT2D eigenvalue weighted by Crippen LogP contribution is -2.21. The predicted molar refractivity (Wildman–Crippen MR) is 109 cm³/mol. The quantitative estimate of drug-likeness (QED) is 0.351. The number of ether oxygens (including phenoxy) is 1. The molecular weight excluding hydrogens is 386 g/mol. The molecule has 7 nitrogen and oxygen atoms in total. The summed E-state index contributed by atoms with van der Waals surface area (Å²) in [6, 6.07) is 13.6. The fourth-order valence-corrected chi connectivity index (χ4v) is 3.45. The number of esters is 1. The van der Waals surface area contributed by atoms with Gasteiger partial charge in [0.2, 0.25) is 0 Å². The third-order valence-electron chi connectivity index (χ3n) is 4.83. The summed E-state index contributed by atoms with van der Waals surface area (Å²) >= 11 is 0. The van der Waals surface area contributed by atoms with Crippen LogP contribution in [0.15, 0.2) is 54.6 Å². The third kappa shape index (κ3) is 3.06. The van der Waals surface area contributed by atoms with Gasteiger partial charge in [0, 0.05) is 16.8 Å². The molecular formula is C23H17NO6. The number of fused-ring (bicyclic) bond motifs is 2. The van der Waals surface area contributed by atoms with Gasteiger partial charge in [0.1, 0.15) is 11.5 Å². The summed E-state index contributed by atoms with van der Waals surface area (Å²) in [5, 5.41) is 23.2. The molecule has 1 aliphatic rings. The molecule has 0 atom stereocenters. The Bertz CT molecular complexity index is 1210. The number of benzene rings is 3. The lowest BCUT2D eigenvalue weighted by molar-refractivity contribution is 0.0527. The van der Waals surface area contributed by atoms with Crippen molar-refractivity contribution >= 4 is 28.9 Å². The number of para-hydroxylation sites is 1. The van der Waals surface area contributed by atoms with Gasteiger partial charge in [0.25, 0.3) is 0 Å². The van der Waals surface area contributed by atoms with Crippen molar-refractivity contribution in [3.63, 3.8) is 0 Å². The van der Waals surface area contributed by atoms with E-state index in [1.807, 2.05) is 0 Å².